The fourth-order valence-corrected chi connectivity index (χ4v) is 3.87. The number of hydrogen-bond acceptors (Lipinski definition) is 2. The smallest absolute Gasteiger partial charge is 0.270 e. The molecule has 0 spiro atoms. The highest BCUT2D eigenvalue weighted by Crippen LogP contribution is 2.19. The lowest BCUT2D eigenvalue weighted by Gasteiger charge is -2.14. The molecule has 1 heterocycles. The van der Waals surface area contributed by atoms with Crippen LogP contribution in [0.25, 0.3) is 0 Å². The van der Waals surface area contributed by atoms with Gasteiger partial charge in [-0.3, -0.25) is 9.59 Å². The van der Waals surface area contributed by atoms with E-state index < -0.39 is 0 Å². The molecule has 1 rings (SSSR count). The van der Waals surface area contributed by atoms with E-state index in [1.54, 1.807) is 0 Å². The molecule has 2 amide bonds. The standard InChI is InChI=1S/C10H18NO2S/c1-3-7-14(8-4-2)11-9(12)5-6-10(11)13/h3-8H2,1-2H3/q+1. The third-order valence-corrected chi connectivity index (χ3v) is 4.83. The van der Waals surface area contributed by atoms with Crippen molar-refractivity contribution in [2.45, 2.75) is 39.5 Å². The first kappa shape index (κ1) is 11.6. The van der Waals surface area contributed by atoms with E-state index in [0.717, 1.165) is 24.3 Å². The zero-order chi connectivity index (χ0) is 10.6. The van der Waals surface area contributed by atoms with Crippen LogP contribution in [0.1, 0.15) is 39.5 Å². The molecule has 0 unspecified atom stereocenters. The largest absolute Gasteiger partial charge is 0.273 e. The minimum absolute atomic E-state index is 0.0419. The summed E-state index contributed by atoms with van der Waals surface area (Å²) in [5, 5.41) is 0. The molecule has 3 nitrogen and oxygen atoms in total. The van der Waals surface area contributed by atoms with Crippen LogP contribution in [-0.4, -0.2) is 27.6 Å². The quantitative estimate of drug-likeness (QED) is 0.516. The van der Waals surface area contributed by atoms with Crippen LogP contribution in [0, 0.1) is 0 Å². The van der Waals surface area contributed by atoms with Gasteiger partial charge in [0.1, 0.15) is 22.6 Å². The molecule has 1 aliphatic rings. The van der Waals surface area contributed by atoms with Crippen LogP contribution in [0.15, 0.2) is 0 Å². The molecule has 0 bridgehead atoms. The van der Waals surface area contributed by atoms with Gasteiger partial charge in [-0.25, -0.2) is 0 Å². The van der Waals surface area contributed by atoms with Gasteiger partial charge in [-0.05, 0) is 12.8 Å². The van der Waals surface area contributed by atoms with Gasteiger partial charge in [0.05, 0.1) is 0 Å². The first-order chi connectivity index (χ1) is 6.70. The maximum atomic E-state index is 11.5. The Morgan fingerprint density at radius 1 is 1.07 bits per heavy atom. The number of rotatable bonds is 5. The van der Waals surface area contributed by atoms with Gasteiger partial charge in [0.25, 0.3) is 11.8 Å². The van der Waals surface area contributed by atoms with Crippen molar-refractivity contribution in [3.8, 4) is 0 Å². The van der Waals surface area contributed by atoms with Crippen molar-refractivity contribution in [3.63, 3.8) is 0 Å². The van der Waals surface area contributed by atoms with Crippen LogP contribution in [0.4, 0.5) is 0 Å². The summed E-state index contributed by atoms with van der Waals surface area (Å²) in [6.07, 6.45) is 2.94. The average molecular weight is 216 g/mol. The lowest BCUT2D eigenvalue weighted by atomic mass is 10.4. The Morgan fingerprint density at radius 3 is 1.86 bits per heavy atom. The van der Waals surface area contributed by atoms with Gasteiger partial charge >= 0.3 is 0 Å². The van der Waals surface area contributed by atoms with Crippen LogP contribution in [0.2, 0.25) is 0 Å². The van der Waals surface area contributed by atoms with E-state index in [2.05, 4.69) is 13.8 Å². The molecule has 1 aliphatic heterocycles. The Kier molecular flexibility index (Phi) is 4.45. The molecule has 0 aromatic heterocycles. The Morgan fingerprint density at radius 2 is 1.50 bits per heavy atom. The molecule has 0 aliphatic carbocycles. The fourth-order valence-electron chi connectivity index (χ4n) is 1.60. The molecular formula is C10H18NO2S+. The maximum absolute atomic E-state index is 11.5. The van der Waals surface area contributed by atoms with Crippen LogP contribution >= 0.6 is 0 Å². The van der Waals surface area contributed by atoms with E-state index in [4.69, 9.17) is 0 Å². The topological polar surface area (TPSA) is 37.4 Å². The summed E-state index contributed by atoms with van der Waals surface area (Å²) in [6, 6.07) is 0. The van der Waals surface area contributed by atoms with Gasteiger partial charge in [-0.2, -0.15) is 0 Å². The third kappa shape index (κ3) is 2.50. The molecule has 0 N–H and O–H groups in total. The van der Waals surface area contributed by atoms with Gasteiger partial charge < -0.3 is 0 Å². The Hall–Kier alpha value is -0.510. The molecule has 1 fully saturated rings. The van der Waals surface area contributed by atoms with Crippen LogP contribution in [0.5, 0.6) is 0 Å². The van der Waals surface area contributed by atoms with Gasteiger partial charge in [-0.1, -0.05) is 18.2 Å². The summed E-state index contributed by atoms with van der Waals surface area (Å²) < 4.78 is 1.53. The maximum Gasteiger partial charge on any atom is 0.273 e. The first-order valence-corrected chi connectivity index (χ1v) is 6.76. The van der Waals surface area contributed by atoms with Gasteiger partial charge in [0, 0.05) is 12.8 Å². The highest BCUT2D eigenvalue weighted by Gasteiger charge is 2.41. The summed E-state index contributed by atoms with van der Waals surface area (Å²) in [5.74, 6) is 2.04. The third-order valence-electron chi connectivity index (χ3n) is 2.14. The van der Waals surface area contributed by atoms with E-state index in [9.17, 15) is 9.59 Å². The minimum Gasteiger partial charge on any atom is -0.270 e. The number of nitrogens with zero attached hydrogens (tertiary/aromatic N) is 1. The predicted octanol–water partition coefficient (Wildman–Crippen LogP) is 1.49. The summed E-state index contributed by atoms with van der Waals surface area (Å²) in [5.41, 5.74) is 0. The molecule has 4 heteroatoms. The number of amides is 2. The molecular weight excluding hydrogens is 198 g/mol. The van der Waals surface area contributed by atoms with Crippen LogP contribution in [-0.2, 0) is 20.7 Å². The van der Waals surface area contributed by atoms with Crippen LogP contribution in [0.3, 0.4) is 0 Å². The predicted molar refractivity (Wildman–Crippen MR) is 58.8 cm³/mol. The second-order valence-corrected chi connectivity index (χ2v) is 5.56. The summed E-state index contributed by atoms with van der Waals surface area (Å²) in [7, 11) is 0. The van der Waals surface area contributed by atoms with Crippen molar-refractivity contribution in [2.75, 3.05) is 11.5 Å². The number of carbonyl (C=O) groups is 2. The zero-order valence-corrected chi connectivity index (χ0v) is 9.73. The number of carbonyl (C=O) groups excluding carboxylic acids is 2. The molecule has 0 aromatic carbocycles. The molecule has 0 saturated carbocycles. The van der Waals surface area contributed by atoms with Crippen molar-refractivity contribution in [1.82, 2.24) is 4.31 Å². The molecule has 0 radical (unpaired) electrons. The molecule has 0 aromatic rings. The van der Waals surface area contributed by atoms with Crippen LogP contribution < -0.4 is 0 Å². The van der Waals surface area contributed by atoms with E-state index in [1.807, 2.05) is 0 Å². The van der Waals surface area contributed by atoms with Gasteiger partial charge in [0.15, 0.2) is 0 Å². The first-order valence-electron chi connectivity index (χ1n) is 5.24. The monoisotopic (exact) mass is 216 g/mol. The average Bonchev–Trinajstić information content (AvgIpc) is 2.46. The highest BCUT2D eigenvalue weighted by atomic mass is 32.2. The van der Waals surface area contributed by atoms with Gasteiger partial charge in [-0.15, -0.1) is 0 Å². The Bertz CT molecular complexity index is 208. The summed E-state index contributed by atoms with van der Waals surface area (Å²) in [6.45, 7) is 4.20. The normalized spacial score (nSPS) is 17.2. The SMILES string of the molecule is CCC[S+](CCC)N1C(=O)CCC1=O. The van der Waals surface area contributed by atoms with Crippen molar-refractivity contribution < 1.29 is 9.59 Å². The van der Waals surface area contributed by atoms with Crippen molar-refractivity contribution in [1.29, 1.82) is 0 Å². The second-order valence-electron chi connectivity index (χ2n) is 3.45. The summed E-state index contributed by atoms with van der Waals surface area (Å²) >= 11 is -0.126. The fraction of sp³-hybridized carbons (Fsp3) is 0.800. The number of imide groups is 1. The molecule has 0 atom stereocenters. The molecule has 80 valence electrons. The van der Waals surface area contributed by atoms with Crippen molar-refractivity contribution in [2.24, 2.45) is 0 Å². The van der Waals surface area contributed by atoms with Crippen molar-refractivity contribution >= 4 is 22.9 Å². The Labute approximate surface area is 88.3 Å². The van der Waals surface area contributed by atoms with E-state index in [1.165, 1.54) is 4.31 Å². The number of hydrogen-bond donors (Lipinski definition) is 0. The van der Waals surface area contributed by atoms with E-state index >= 15 is 0 Å². The molecule has 1 saturated heterocycles. The highest BCUT2D eigenvalue weighted by molar-refractivity contribution is 7.95. The van der Waals surface area contributed by atoms with E-state index in [0.29, 0.717) is 12.8 Å². The molecule has 14 heavy (non-hydrogen) atoms. The zero-order valence-electron chi connectivity index (χ0n) is 8.91. The minimum atomic E-state index is -0.126. The Balaban J connectivity index is 2.65. The van der Waals surface area contributed by atoms with E-state index in [-0.39, 0.29) is 22.9 Å². The second kappa shape index (κ2) is 5.39. The van der Waals surface area contributed by atoms with Crippen molar-refractivity contribution in [3.05, 3.63) is 0 Å². The lowest BCUT2D eigenvalue weighted by Crippen LogP contribution is -2.39. The summed E-state index contributed by atoms with van der Waals surface area (Å²) in [4.78, 5) is 23.0. The lowest BCUT2D eigenvalue weighted by molar-refractivity contribution is -0.132. The van der Waals surface area contributed by atoms with Gasteiger partial charge in [0.2, 0.25) is 0 Å².